The first-order chi connectivity index (χ1) is 10.7. The molecule has 1 heterocycles. The molecule has 0 unspecified atom stereocenters. The fraction of sp³-hybridized carbons (Fsp3) is 0.467. The number of benzene rings is 1. The lowest BCUT2D eigenvalue weighted by atomic mass is 10.2. The Hall–Kier alpha value is -2.28. The van der Waals surface area contributed by atoms with Gasteiger partial charge < -0.3 is 10.2 Å². The molecular weight excluding hydrogens is 280 g/mol. The Morgan fingerprint density at radius 3 is 2.64 bits per heavy atom. The van der Waals surface area contributed by atoms with E-state index in [0.29, 0.717) is 12.4 Å². The van der Waals surface area contributed by atoms with Gasteiger partial charge in [0.15, 0.2) is 0 Å². The monoisotopic (exact) mass is 302 g/mol. The number of likely N-dealkylation sites (N-methyl/N-ethyl adjacent to an activating group) is 1. The molecule has 0 aliphatic carbocycles. The first-order valence-corrected chi connectivity index (χ1v) is 7.55. The summed E-state index contributed by atoms with van der Waals surface area (Å²) in [6, 6.07) is 9.57. The summed E-state index contributed by atoms with van der Waals surface area (Å²) in [7, 11) is 0. The minimum Gasteiger partial charge on any atom is -0.353 e. The summed E-state index contributed by atoms with van der Waals surface area (Å²) in [6.07, 6.45) is 0. The molecular formula is C15H22N6O. The fourth-order valence-corrected chi connectivity index (χ4v) is 2.09. The maximum atomic E-state index is 11.9. The summed E-state index contributed by atoms with van der Waals surface area (Å²) in [5.74, 6) is 0.417. The van der Waals surface area contributed by atoms with E-state index in [0.717, 1.165) is 25.2 Å². The van der Waals surface area contributed by atoms with E-state index in [1.807, 2.05) is 30.3 Å². The normalized spacial score (nSPS) is 10.9. The van der Waals surface area contributed by atoms with Crippen molar-refractivity contribution >= 4 is 5.91 Å². The van der Waals surface area contributed by atoms with Crippen LogP contribution in [0.3, 0.4) is 0 Å². The van der Waals surface area contributed by atoms with Gasteiger partial charge in [0.1, 0.15) is 6.54 Å². The van der Waals surface area contributed by atoms with Gasteiger partial charge in [0.25, 0.3) is 0 Å². The number of nitrogens with one attached hydrogen (secondary N) is 1. The molecule has 0 aliphatic heterocycles. The molecule has 0 aliphatic rings. The average molecular weight is 302 g/mol. The molecule has 7 heteroatoms. The summed E-state index contributed by atoms with van der Waals surface area (Å²) < 4.78 is 0. The van der Waals surface area contributed by atoms with Crippen LogP contribution in [-0.4, -0.2) is 57.2 Å². The van der Waals surface area contributed by atoms with Gasteiger partial charge in [-0.1, -0.05) is 44.2 Å². The number of rotatable bonds is 8. The maximum Gasteiger partial charge on any atom is 0.243 e. The Morgan fingerprint density at radius 1 is 1.23 bits per heavy atom. The molecule has 0 fully saturated rings. The van der Waals surface area contributed by atoms with E-state index in [1.54, 1.807) is 0 Å². The van der Waals surface area contributed by atoms with E-state index in [-0.39, 0.29) is 12.5 Å². The van der Waals surface area contributed by atoms with Crippen LogP contribution >= 0.6 is 0 Å². The van der Waals surface area contributed by atoms with Crippen molar-refractivity contribution in [3.05, 3.63) is 30.3 Å². The van der Waals surface area contributed by atoms with Crippen LogP contribution in [0, 0.1) is 0 Å². The Morgan fingerprint density at radius 2 is 1.95 bits per heavy atom. The van der Waals surface area contributed by atoms with Crippen LogP contribution < -0.4 is 5.32 Å². The number of tetrazole rings is 1. The third-order valence-electron chi connectivity index (χ3n) is 3.41. The van der Waals surface area contributed by atoms with Crippen LogP contribution in [0.2, 0.25) is 0 Å². The molecule has 0 atom stereocenters. The van der Waals surface area contributed by atoms with Crippen molar-refractivity contribution in [3.63, 3.8) is 0 Å². The SMILES string of the molecule is CCN(CC)CCNC(=O)Cn1nnc(-c2ccccc2)n1. The molecule has 1 aromatic carbocycles. The number of nitrogens with zero attached hydrogens (tertiary/aromatic N) is 5. The van der Waals surface area contributed by atoms with Gasteiger partial charge in [-0.25, -0.2) is 0 Å². The van der Waals surface area contributed by atoms with Crippen LogP contribution in [0.5, 0.6) is 0 Å². The lowest BCUT2D eigenvalue weighted by molar-refractivity contribution is -0.122. The fourth-order valence-electron chi connectivity index (χ4n) is 2.09. The van der Waals surface area contributed by atoms with Crippen LogP contribution in [-0.2, 0) is 11.3 Å². The molecule has 0 saturated carbocycles. The molecule has 0 spiro atoms. The van der Waals surface area contributed by atoms with Gasteiger partial charge in [-0.2, -0.15) is 4.80 Å². The molecule has 7 nitrogen and oxygen atoms in total. The summed E-state index contributed by atoms with van der Waals surface area (Å²) in [6.45, 7) is 7.73. The van der Waals surface area contributed by atoms with E-state index in [4.69, 9.17) is 0 Å². The van der Waals surface area contributed by atoms with Crippen LogP contribution in [0.15, 0.2) is 30.3 Å². The van der Waals surface area contributed by atoms with Gasteiger partial charge >= 0.3 is 0 Å². The minimum absolute atomic E-state index is 0.0814. The Balaban J connectivity index is 1.81. The maximum absolute atomic E-state index is 11.9. The van der Waals surface area contributed by atoms with Crippen LogP contribution in [0.25, 0.3) is 11.4 Å². The molecule has 0 bridgehead atoms. The van der Waals surface area contributed by atoms with Crippen molar-refractivity contribution in [2.24, 2.45) is 0 Å². The van der Waals surface area contributed by atoms with Gasteiger partial charge in [0.2, 0.25) is 11.7 Å². The van der Waals surface area contributed by atoms with Crippen molar-refractivity contribution in [3.8, 4) is 11.4 Å². The summed E-state index contributed by atoms with van der Waals surface area (Å²) in [4.78, 5) is 15.4. The predicted octanol–water partition coefficient (Wildman–Crippen LogP) is 0.798. The van der Waals surface area contributed by atoms with Gasteiger partial charge in [0.05, 0.1) is 0 Å². The quantitative estimate of drug-likeness (QED) is 0.780. The van der Waals surface area contributed by atoms with Crippen LogP contribution in [0.1, 0.15) is 13.8 Å². The zero-order chi connectivity index (χ0) is 15.8. The average Bonchev–Trinajstić information content (AvgIpc) is 3.01. The lowest BCUT2D eigenvalue weighted by Gasteiger charge is -2.17. The second kappa shape index (κ2) is 8.23. The molecule has 0 saturated heterocycles. The molecule has 22 heavy (non-hydrogen) atoms. The first-order valence-electron chi connectivity index (χ1n) is 7.55. The highest BCUT2D eigenvalue weighted by atomic mass is 16.2. The van der Waals surface area contributed by atoms with E-state index >= 15 is 0 Å². The van der Waals surface area contributed by atoms with Crippen molar-refractivity contribution < 1.29 is 4.79 Å². The summed E-state index contributed by atoms with van der Waals surface area (Å²) in [5, 5.41) is 15.0. The molecule has 2 aromatic rings. The molecule has 1 aromatic heterocycles. The van der Waals surface area contributed by atoms with Gasteiger partial charge in [-0.15, -0.1) is 10.2 Å². The van der Waals surface area contributed by atoms with E-state index < -0.39 is 0 Å². The summed E-state index contributed by atoms with van der Waals surface area (Å²) in [5.41, 5.74) is 0.885. The van der Waals surface area contributed by atoms with Gasteiger partial charge in [-0.05, 0) is 18.3 Å². The smallest absolute Gasteiger partial charge is 0.243 e. The highest BCUT2D eigenvalue weighted by Crippen LogP contribution is 2.11. The number of hydrogen-bond donors (Lipinski definition) is 1. The Kier molecular flexibility index (Phi) is 6.02. The second-order valence-electron chi connectivity index (χ2n) is 4.89. The largest absolute Gasteiger partial charge is 0.353 e. The van der Waals surface area contributed by atoms with Crippen molar-refractivity contribution in [2.75, 3.05) is 26.2 Å². The van der Waals surface area contributed by atoms with Crippen molar-refractivity contribution in [1.82, 2.24) is 30.4 Å². The number of hydrogen-bond acceptors (Lipinski definition) is 5. The Labute approximate surface area is 130 Å². The highest BCUT2D eigenvalue weighted by Gasteiger charge is 2.09. The minimum atomic E-state index is -0.107. The zero-order valence-electron chi connectivity index (χ0n) is 13.1. The Bertz CT molecular complexity index is 579. The van der Waals surface area contributed by atoms with Gasteiger partial charge in [-0.3, -0.25) is 4.79 Å². The standard InChI is InChI=1S/C15H22N6O/c1-3-20(4-2)11-10-16-14(22)12-21-18-15(17-19-21)13-8-6-5-7-9-13/h5-9H,3-4,10-12H2,1-2H3,(H,16,22). The van der Waals surface area contributed by atoms with E-state index in [1.165, 1.54) is 4.80 Å². The highest BCUT2D eigenvalue weighted by molar-refractivity contribution is 5.75. The van der Waals surface area contributed by atoms with Crippen LogP contribution in [0.4, 0.5) is 0 Å². The number of carbonyl (C=O) groups is 1. The third-order valence-corrected chi connectivity index (χ3v) is 3.41. The number of carbonyl (C=O) groups excluding carboxylic acids is 1. The second-order valence-corrected chi connectivity index (χ2v) is 4.89. The van der Waals surface area contributed by atoms with E-state index in [9.17, 15) is 4.79 Å². The topological polar surface area (TPSA) is 75.9 Å². The third kappa shape index (κ3) is 4.63. The molecule has 2 rings (SSSR count). The number of amides is 1. The van der Waals surface area contributed by atoms with Crippen molar-refractivity contribution in [2.45, 2.75) is 20.4 Å². The van der Waals surface area contributed by atoms with Gasteiger partial charge in [0, 0.05) is 18.7 Å². The van der Waals surface area contributed by atoms with E-state index in [2.05, 4.69) is 39.5 Å². The van der Waals surface area contributed by atoms with Crippen molar-refractivity contribution in [1.29, 1.82) is 0 Å². The number of aromatic nitrogens is 4. The molecule has 1 amide bonds. The summed E-state index contributed by atoms with van der Waals surface area (Å²) >= 11 is 0. The molecule has 1 N–H and O–H groups in total. The predicted molar refractivity (Wildman–Crippen MR) is 84.1 cm³/mol. The molecule has 118 valence electrons. The zero-order valence-corrected chi connectivity index (χ0v) is 13.1. The first kappa shape index (κ1) is 16.1. The molecule has 0 radical (unpaired) electrons. The lowest BCUT2D eigenvalue weighted by Crippen LogP contribution is -2.36.